The van der Waals surface area contributed by atoms with E-state index in [0.29, 0.717) is 17.5 Å². The molecular weight excluding hydrogens is 376 g/mol. The standard InChI is InChI=1S/C20H18N4O3S/c1-3-27-14-9-10-15-17(11-14)28-20(21-15)22-19(25)18-16(26-2)12-24(23-18)13-7-5-4-6-8-13/h4-12H,3H2,1-2H3,(H,21,22,25). The van der Waals surface area contributed by atoms with Gasteiger partial charge in [-0.25, -0.2) is 9.67 Å². The van der Waals surface area contributed by atoms with E-state index in [1.165, 1.54) is 18.4 Å². The molecule has 0 spiro atoms. The number of ether oxygens (including phenoxy) is 2. The van der Waals surface area contributed by atoms with Crippen molar-refractivity contribution in [1.82, 2.24) is 14.8 Å². The first-order valence-corrected chi connectivity index (χ1v) is 9.53. The molecule has 0 saturated carbocycles. The van der Waals surface area contributed by atoms with Gasteiger partial charge in [0.2, 0.25) is 0 Å². The third-order valence-corrected chi connectivity index (χ3v) is 4.96. The van der Waals surface area contributed by atoms with Crippen LogP contribution in [0.1, 0.15) is 17.4 Å². The van der Waals surface area contributed by atoms with Gasteiger partial charge in [-0.1, -0.05) is 29.5 Å². The third kappa shape index (κ3) is 3.54. The maximum atomic E-state index is 12.8. The zero-order chi connectivity index (χ0) is 19.5. The van der Waals surface area contributed by atoms with E-state index in [2.05, 4.69) is 15.4 Å². The minimum absolute atomic E-state index is 0.195. The second kappa shape index (κ2) is 7.69. The average molecular weight is 394 g/mol. The molecule has 0 radical (unpaired) electrons. The van der Waals surface area contributed by atoms with E-state index in [0.717, 1.165) is 21.7 Å². The Morgan fingerprint density at radius 1 is 1.21 bits per heavy atom. The van der Waals surface area contributed by atoms with Crippen LogP contribution in [0.5, 0.6) is 11.5 Å². The summed E-state index contributed by atoms with van der Waals surface area (Å²) < 4.78 is 13.4. The van der Waals surface area contributed by atoms with Gasteiger partial charge in [-0.3, -0.25) is 10.1 Å². The highest BCUT2D eigenvalue weighted by atomic mass is 32.1. The number of nitrogens with one attached hydrogen (secondary N) is 1. The zero-order valence-corrected chi connectivity index (χ0v) is 16.2. The lowest BCUT2D eigenvalue weighted by Crippen LogP contribution is -2.14. The predicted molar refractivity (Wildman–Crippen MR) is 109 cm³/mol. The quantitative estimate of drug-likeness (QED) is 0.532. The number of methoxy groups -OCH3 is 1. The van der Waals surface area contributed by atoms with Gasteiger partial charge in [-0.15, -0.1) is 0 Å². The number of carbonyl (C=O) groups is 1. The monoisotopic (exact) mass is 394 g/mol. The summed E-state index contributed by atoms with van der Waals surface area (Å²) in [4.78, 5) is 17.2. The zero-order valence-electron chi connectivity index (χ0n) is 15.4. The van der Waals surface area contributed by atoms with Crippen molar-refractivity contribution in [1.29, 1.82) is 0 Å². The van der Waals surface area contributed by atoms with E-state index in [1.54, 1.807) is 10.9 Å². The van der Waals surface area contributed by atoms with E-state index >= 15 is 0 Å². The van der Waals surface area contributed by atoms with Crippen molar-refractivity contribution in [2.75, 3.05) is 19.0 Å². The number of carbonyl (C=O) groups excluding carboxylic acids is 1. The molecule has 1 N–H and O–H groups in total. The van der Waals surface area contributed by atoms with Gasteiger partial charge < -0.3 is 9.47 Å². The fraction of sp³-hybridized carbons (Fsp3) is 0.150. The van der Waals surface area contributed by atoms with E-state index in [1.807, 2.05) is 55.5 Å². The fourth-order valence-electron chi connectivity index (χ4n) is 2.75. The molecule has 2 aromatic carbocycles. The number of fused-ring (bicyclic) bond motifs is 1. The summed E-state index contributed by atoms with van der Waals surface area (Å²) in [5.41, 5.74) is 1.83. The van der Waals surface area contributed by atoms with Crippen molar-refractivity contribution in [2.45, 2.75) is 6.92 Å². The molecule has 0 aliphatic carbocycles. The Kier molecular flexibility index (Phi) is 4.94. The molecule has 8 heteroatoms. The van der Waals surface area contributed by atoms with Gasteiger partial charge in [0.25, 0.3) is 5.91 Å². The van der Waals surface area contributed by atoms with E-state index in [9.17, 15) is 4.79 Å². The van der Waals surface area contributed by atoms with Crippen LogP contribution in [0.2, 0.25) is 0 Å². The minimum atomic E-state index is -0.379. The van der Waals surface area contributed by atoms with Crippen molar-refractivity contribution in [3.05, 3.63) is 60.4 Å². The molecule has 2 aromatic heterocycles. The van der Waals surface area contributed by atoms with Crippen LogP contribution in [0.15, 0.2) is 54.7 Å². The van der Waals surface area contributed by atoms with Crippen LogP contribution in [0, 0.1) is 0 Å². The number of hydrogen-bond acceptors (Lipinski definition) is 6. The van der Waals surface area contributed by atoms with Gasteiger partial charge in [-0.2, -0.15) is 5.10 Å². The molecule has 4 rings (SSSR count). The molecule has 7 nitrogen and oxygen atoms in total. The Labute approximate surface area is 165 Å². The van der Waals surface area contributed by atoms with Gasteiger partial charge in [0, 0.05) is 0 Å². The lowest BCUT2D eigenvalue weighted by atomic mass is 10.3. The van der Waals surface area contributed by atoms with Crippen LogP contribution in [0.3, 0.4) is 0 Å². The minimum Gasteiger partial charge on any atom is -0.494 e. The third-order valence-electron chi connectivity index (χ3n) is 4.03. The second-order valence-corrected chi connectivity index (χ2v) is 6.89. The molecule has 2 heterocycles. The summed E-state index contributed by atoms with van der Waals surface area (Å²) in [5.74, 6) is 0.788. The first-order chi connectivity index (χ1) is 13.7. The largest absolute Gasteiger partial charge is 0.494 e. The van der Waals surface area contributed by atoms with E-state index in [-0.39, 0.29) is 11.6 Å². The van der Waals surface area contributed by atoms with Crippen molar-refractivity contribution in [3.63, 3.8) is 0 Å². The van der Waals surface area contributed by atoms with Crippen molar-refractivity contribution in [2.24, 2.45) is 0 Å². The van der Waals surface area contributed by atoms with Crippen LogP contribution >= 0.6 is 11.3 Å². The van der Waals surface area contributed by atoms with Crippen molar-refractivity contribution >= 4 is 32.6 Å². The highest BCUT2D eigenvalue weighted by Gasteiger charge is 2.20. The number of thiazole rings is 1. The molecule has 0 fully saturated rings. The van der Waals surface area contributed by atoms with Crippen LogP contribution in [-0.2, 0) is 0 Å². The van der Waals surface area contributed by atoms with Gasteiger partial charge in [0.15, 0.2) is 16.6 Å². The van der Waals surface area contributed by atoms with Gasteiger partial charge in [0.05, 0.1) is 35.8 Å². The van der Waals surface area contributed by atoms with Crippen molar-refractivity contribution < 1.29 is 14.3 Å². The number of rotatable bonds is 6. The molecular formula is C20H18N4O3S. The van der Waals surface area contributed by atoms with Crippen LogP contribution < -0.4 is 14.8 Å². The molecule has 0 bridgehead atoms. The van der Waals surface area contributed by atoms with Crippen LogP contribution in [0.25, 0.3) is 15.9 Å². The second-order valence-electron chi connectivity index (χ2n) is 5.86. The number of para-hydroxylation sites is 1. The van der Waals surface area contributed by atoms with Gasteiger partial charge in [0.1, 0.15) is 5.75 Å². The lowest BCUT2D eigenvalue weighted by molar-refractivity contribution is 0.101. The van der Waals surface area contributed by atoms with E-state index < -0.39 is 0 Å². The Morgan fingerprint density at radius 3 is 2.79 bits per heavy atom. The Balaban J connectivity index is 1.59. The Hall–Kier alpha value is -3.39. The molecule has 0 unspecified atom stereocenters. The van der Waals surface area contributed by atoms with E-state index in [4.69, 9.17) is 9.47 Å². The molecule has 1 amide bonds. The first kappa shape index (κ1) is 18.0. The topological polar surface area (TPSA) is 78.3 Å². The summed E-state index contributed by atoms with van der Waals surface area (Å²) in [6.07, 6.45) is 1.68. The maximum absolute atomic E-state index is 12.8. The Morgan fingerprint density at radius 2 is 2.04 bits per heavy atom. The summed E-state index contributed by atoms with van der Waals surface area (Å²) in [6, 6.07) is 15.2. The SMILES string of the molecule is CCOc1ccc2nc(NC(=O)c3nn(-c4ccccc4)cc3OC)sc2c1. The summed E-state index contributed by atoms with van der Waals surface area (Å²) >= 11 is 1.38. The number of hydrogen-bond donors (Lipinski definition) is 1. The predicted octanol–water partition coefficient (Wildman–Crippen LogP) is 4.14. The highest BCUT2D eigenvalue weighted by Crippen LogP contribution is 2.30. The normalized spacial score (nSPS) is 10.8. The molecule has 0 saturated heterocycles. The molecule has 142 valence electrons. The molecule has 0 aliphatic heterocycles. The first-order valence-electron chi connectivity index (χ1n) is 8.71. The van der Waals surface area contributed by atoms with Gasteiger partial charge >= 0.3 is 0 Å². The summed E-state index contributed by atoms with van der Waals surface area (Å²) in [5, 5.41) is 7.68. The summed E-state index contributed by atoms with van der Waals surface area (Å²) in [6.45, 7) is 2.53. The molecule has 0 aliphatic rings. The number of anilines is 1. The highest BCUT2D eigenvalue weighted by molar-refractivity contribution is 7.22. The number of amides is 1. The lowest BCUT2D eigenvalue weighted by Gasteiger charge is -2.00. The van der Waals surface area contributed by atoms with Gasteiger partial charge in [-0.05, 0) is 37.3 Å². The molecule has 0 atom stereocenters. The molecule has 28 heavy (non-hydrogen) atoms. The number of aromatic nitrogens is 3. The Bertz CT molecular complexity index is 1120. The maximum Gasteiger partial charge on any atom is 0.281 e. The average Bonchev–Trinajstić information content (AvgIpc) is 3.32. The van der Waals surface area contributed by atoms with Crippen LogP contribution in [0.4, 0.5) is 5.13 Å². The summed E-state index contributed by atoms with van der Waals surface area (Å²) in [7, 11) is 1.51. The van der Waals surface area contributed by atoms with Crippen molar-refractivity contribution in [3.8, 4) is 17.2 Å². The van der Waals surface area contributed by atoms with Crippen LogP contribution in [-0.4, -0.2) is 34.4 Å². The fourth-order valence-corrected chi connectivity index (χ4v) is 3.64. The number of benzene rings is 2. The molecule has 4 aromatic rings. The smallest absolute Gasteiger partial charge is 0.281 e. The number of nitrogens with zero attached hydrogens (tertiary/aromatic N) is 3.